The fraction of sp³-hybridized carbons (Fsp3) is 0.400. The molecule has 0 aliphatic carbocycles. The molecule has 0 saturated carbocycles. The van der Waals surface area contributed by atoms with Crippen LogP contribution in [0.25, 0.3) is 5.69 Å². The third kappa shape index (κ3) is 5.26. The summed E-state index contributed by atoms with van der Waals surface area (Å²) in [5.74, 6) is 1.26. The summed E-state index contributed by atoms with van der Waals surface area (Å²) in [5.41, 5.74) is 4.35. The van der Waals surface area contributed by atoms with Gasteiger partial charge in [0.25, 0.3) is 0 Å². The molecule has 0 fully saturated rings. The summed E-state index contributed by atoms with van der Waals surface area (Å²) < 4.78 is 6.97. The second-order valence-corrected chi connectivity index (χ2v) is 6.69. The van der Waals surface area contributed by atoms with Gasteiger partial charge in [0.1, 0.15) is 0 Å². The number of hydrogen-bond donors (Lipinski definition) is 1. The predicted molar refractivity (Wildman–Crippen MR) is 102 cm³/mol. The Morgan fingerprint density at radius 1 is 1.15 bits per heavy atom. The van der Waals surface area contributed by atoms with Crippen LogP contribution in [0.5, 0.6) is 0 Å². The van der Waals surface area contributed by atoms with E-state index in [4.69, 9.17) is 4.52 Å². The molecule has 0 spiro atoms. The number of aryl methyl sites for hydroxylation is 4. The number of carbonyl (C=O) groups is 1. The Labute approximate surface area is 158 Å². The van der Waals surface area contributed by atoms with Gasteiger partial charge in [-0.05, 0) is 57.4 Å². The van der Waals surface area contributed by atoms with Gasteiger partial charge in [-0.1, -0.05) is 17.3 Å². The van der Waals surface area contributed by atoms with Crippen LogP contribution in [-0.2, 0) is 17.6 Å². The van der Waals surface area contributed by atoms with Gasteiger partial charge in [0, 0.05) is 25.1 Å². The Morgan fingerprint density at radius 3 is 2.56 bits per heavy atom. The first kappa shape index (κ1) is 18.8. The molecule has 2 heterocycles. The molecule has 0 saturated heterocycles. The highest BCUT2D eigenvalue weighted by atomic mass is 16.5. The first-order valence-corrected chi connectivity index (χ1v) is 9.20. The maximum atomic E-state index is 11.9. The van der Waals surface area contributed by atoms with E-state index in [0.29, 0.717) is 37.5 Å². The van der Waals surface area contributed by atoms with Gasteiger partial charge in [-0.15, -0.1) is 0 Å². The molecule has 7 heteroatoms. The van der Waals surface area contributed by atoms with Gasteiger partial charge in [0.2, 0.25) is 11.8 Å². The highest BCUT2D eigenvalue weighted by molar-refractivity contribution is 5.75. The van der Waals surface area contributed by atoms with Crippen molar-refractivity contribution in [3.05, 3.63) is 59.0 Å². The van der Waals surface area contributed by atoms with Gasteiger partial charge in [-0.2, -0.15) is 10.1 Å². The summed E-state index contributed by atoms with van der Waals surface area (Å²) in [5, 5.41) is 11.2. The summed E-state index contributed by atoms with van der Waals surface area (Å²) in [6.45, 7) is 6.44. The standard InChI is InChI=1S/C20H25N5O2/c1-14-13-15(2)25(23-14)18-9-7-17(8-10-18)11-12-21-19(26)5-4-6-20-22-16(3)24-27-20/h7-10,13H,4-6,11-12H2,1-3H3,(H,21,26). The third-order valence-corrected chi connectivity index (χ3v) is 4.29. The third-order valence-electron chi connectivity index (χ3n) is 4.29. The molecule has 0 bridgehead atoms. The van der Waals surface area contributed by atoms with Crippen molar-refractivity contribution in [3.8, 4) is 5.69 Å². The van der Waals surface area contributed by atoms with Gasteiger partial charge >= 0.3 is 0 Å². The summed E-state index contributed by atoms with van der Waals surface area (Å²) in [7, 11) is 0. The van der Waals surface area contributed by atoms with Crippen molar-refractivity contribution in [2.75, 3.05) is 6.54 Å². The summed E-state index contributed by atoms with van der Waals surface area (Å²) in [6.07, 6.45) is 2.58. The Balaban J connectivity index is 1.39. The lowest BCUT2D eigenvalue weighted by Gasteiger charge is -2.07. The van der Waals surface area contributed by atoms with Crippen LogP contribution in [0.3, 0.4) is 0 Å². The molecule has 1 aromatic carbocycles. The van der Waals surface area contributed by atoms with Gasteiger partial charge in [-0.3, -0.25) is 4.79 Å². The zero-order valence-corrected chi connectivity index (χ0v) is 16.0. The van der Waals surface area contributed by atoms with Crippen LogP contribution in [-0.4, -0.2) is 32.4 Å². The summed E-state index contributed by atoms with van der Waals surface area (Å²) >= 11 is 0. The minimum absolute atomic E-state index is 0.0468. The summed E-state index contributed by atoms with van der Waals surface area (Å²) in [4.78, 5) is 16.0. The fourth-order valence-electron chi connectivity index (χ4n) is 2.97. The molecule has 3 rings (SSSR count). The van der Waals surface area contributed by atoms with E-state index in [9.17, 15) is 4.79 Å². The quantitative estimate of drug-likeness (QED) is 0.662. The van der Waals surface area contributed by atoms with Gasteiger partial charge in [-0.25, -0.2) is 4.68 Å². The molecule has 0 atom stereocenters. The van der Waals surface area contributed by atoms with Crippen molar-refractivity contribution in [1.82, 2.24) is 25.2 Å². The van der Waals surface area contributed by atoms with E-state index in [0.717, 1.165) is 23.5 Å². The average Bonchev–Trinajstić information content (AvgIpc) is 3.20. The Bertz CT molecular complexity index is 895. The number of carbonyl (C=O) groups excluding carboxylic acids is 1. The van der Waals surface area contributed by atoms with Crippen molar-refractivity contribution in [2.45, 2.75) is 46.5 Å². The number of aromatic nitrogens is 4. The smallest absolute Gasteiger partial charge is 0.226 e. The topological polar surface area (TPSA) is 85.8 Å². The molecule has 3 aromatic rings. The first-order chi connectivity index (χ1) is 13.0. The number of hydrogen-bond acceptors (Lipinski definition) is 5. The molecule has 0 aliphatic rings. The van der Waals surface area contributed by atoms with E-state index in [2.05, 4.69) is 50.9 Å². The second-order valence-electron chi connectivity index (χ2n) is 6.69. The van der Waals surface area contributed by atoms with Crippen LogP contribution < -0.4 is 5.32 Å². The Morgan fingerprint density at radius 2 is 1.93 bits per heavy atom. The van der Waals surface area contributed by atoms with Gasteiger partial charge in [0.05, 0.1) is 11.4 Å². The number of amides is 1. The number of benzene rings is 1. The lowest BCUT2D eigenvalue weighted by Crippen LogP contribution is -2.25. The number of nitrogens with one attached hydrogen (secondary N) is 1. The molecular formula is C20H25N5O2. The van der Waals surface area contributed by atoms with Crippen LogP contribution in [0.2, 0.25) is 0 Å². The van der Waals surface area contributed by atoms with E-state index in [-0.39, 0.29) is 5.91 Å². The molecule has 1 N–H and O–H groups in total. The van der Waals surface area contributed by atoms with Crippen LogP contribution in [0.15, 0.2) is 34.9 Å². The minimum Gasteiger partial charge on any atom is -0.356 e. The molecule has 0 unspecified atom stereocenters. The van der Waals surface area contributed by atoms with E-state index >= 15 is 0 Å². The summed E-state index contributed by atoms with van der Waals surface area (Å²) in [6, 6.07) is 10.3. The van der Waals surface area contributed by atoms with Gasteiger partial charge < -0.3 is 9.84 Å². The molecule has 2 aromatic heterocycles. The largest absolute Gasteiger partial charge is 0.356 e. The average molecular weight is 367 g/mol. The lowest BCUT2D eigenvalue weighted by molar-refractivity contribution is -0.121. The molecule has 142 valence electrons. The molecule has 7 nitrogen and oxygen atoms in total. The van der Waals surface area contributed by atoms with E-state index in [1.165, 1.54) is 5.56 Å². The lowest BCUT2D eigenvalue weighted by atomic mass is 10.1. The number of rotatable bonds is 8. The SMILES string of the molecule is Cc1cc(C)n(-c2ccc(CCNC(=O)CCCc3nc(C)no3)cc2)n1. The van der Waals surface area contributed by atoms with Crippen LogP contribution in [0.4, 0.5) is 0 Å². The maximum absolute atomic E-state index is 11.9. The Hall–Kier alpha value is -2.96. The predicted octanol–water partition coefficient (Wildman–Crippen LogP) is 2.86. The monoisotopic (exact) mass is 367 g/mol. The molecular weight excluding hydrogens is 342 g/mol. The maximum Gasteiger partial charge on any atom is 0.226 e. The van der Waals surface area contributed by atoms with Crippen molar-refractivity contribution in [2.24, 2.45) is 0 Å². The molecule has 27 heavy (non-hydrogen) atoms. The fourth-order valence-corrected chi connectivity index (χ4v) is 2.97. The molecule has 0 radical (unpaired) electrons. The van der Waals surface area contributed by atoms with Crippen LogP contribution >= 0.6 is 0 Å². The van der Waals surface area contributed by atoms with E-state index in [1.807, 2.05) is 18.5 Å². The van der Waals surface area contributed by atoms with E-state index < -0.39 is 0 Å². The second kappa shape index (κ2) is 8.62. The normalized spacial score (nSPS) is 10.9. The van der Waals surface area contributed by atoms with Crippen LogP contribution in [0.1, 0.15) is 41.5 Å². The van der Waals surface area contributed by atoms with Crippen LogP contribution in [0, 0.1) is 20.8 Å². The van der Waals surface area contributed by atoms with Crippen molar-refractivity contribution in [1.29, 1.82) is 0 Å². The molecule has 1 amide bonds. The van der Waals surface area contributed by atoms with Crippen molar-refractivity contribution < 1.29 is 9.32 Å². The number of nitrogens with zero attached hydrogens (tertiary/aromatic N) is 4. The minimum atomic E-state index is 0.0468. The zero-order chi connectivity index (χ0) is 19.2. The molecule has 0 aliphatic heterocycles. The highest BCUT2D eigenvalue weighted by Crippen LogP contribution is 2.13. The van der Waals surface area contributed by atoms with E-state index in [1.54, 1.807) is 6.92 Å². The highest BCUT2D eigenvalue weighted by Gasteiger charge is 2.06. The zero-order valence-electron chi connectivity index (χ0n) is 16.0. The first-order valence-electron chi connectivity index (χ1n) is 9.20. The Kier molecular flexibility index (Phi) is 6.01. The van der Waals surface area contributed by atoms with Gasteiger partial charge in [0.15, 0.2) is 5.82 Å². The van der Waals surface area contributed by atoms with Crippen molar-refractivity contribution >= 4 is 5.91 Å². The van der Waals surface area contributed by atoms with Crippen molar-refractivity contribution in [3.63, 3.8) is 0 Å².